The smallest absolute Gasteiger partial charge is 0.410 e. The lowest BCUT2D eigenvalue weighted by molar-refractivity contribution is 0.0126. The number of amides is 1. The van der Waals surface area contributed by atoms with Crippen LogP contribution in [0.5, 0.6) is 11.5 Å². The number of carbonyl (C=O) groups excluding carboxylic acids is 2. The van der Waals surface area contributed by atoms with Gasteiger partial charge < -0.3 is 19.5 Å². The van der Waals surface area contributed by atoms with E-state index in [0.717, 1.165) is 0 Å². The highest BCUT2D eigenvalue weighted by molar-refractivity contribution is 5.96. The minimum atomic E-state index is -0.500. The molecule has 0 spiro atoms. The van der Waals surface area contributed by atoms with Gasteiger partial charge in [0.1, 0.15) is 23.2 Å². The van der Waals surface area contributed by atoms with Crippen molar-refractivity contribution in [3.63, 3.8) is 0 Å². The second-order valence-electron chi connectivity index (χ2n) is 7.02. The molecule has 1 aliphatic heterocycles. The van der Waals surface area contributed by atoms with Crippen LogP contribution in [0, 0.1) is 0 Å². The number of piperidine rings is 1. The molecule has 1 fully saturated rings. The molecule has 0 saturated carbocycles. The predicted octanol–water partition coefficient (Wildman–Crippen LogP) is 3.37. The van der Waals surface area contributed by atoms with E-state index in [-0.39, 0.29) is 29.3 Å². The molecule has 24 heavy (non-hydrogen) atoms. The van der Waals surface area contributed by atoms with E-state index in [1.54, 1.807) is 17.0 Å². The molecule has 1 amide bonds. The lowest BCUT2D eigenvalue weighted by Gasteiger charge is -2.33. The summed E-state index contributed by atoms with van der Waals surface area (Å²) < 4.78 is 11.2. The summed E-state index contributed by atoms with van der Waals surface area (Å²) in [7, 11) is 0. The number of nitrogens with zero attached hydrogens (tertiary/aromatic N) is 1. The molecule has 0 bridgehead atoms. The first kappa shape index (κ1) is 18.1. The SMILES string of the molecule is CC(=O)c1ccc(OC2CCN(C(=O)OC(C)(C)C)CC2)cc1O. The molecule has 1 aromatic rings. The van der Waals surface area contributed by atoms with Crippen LogP contribution in [0.3, 0.4) is 0 Å². The number of rotatable bonds is 3. The van der Waals surface area contributed by atoms with Crippen molar-refractivity contribution in [1.82, 2.24) is 4.90 Å². The quantitative estimate of drug-likeness (QED) is 0.857. The molecule has 0 aliphatic carbocycles. The van der Waals surface area contributed by atoms with Crippen LogP contribution in [0.15, 0.2) is 18.2 Å². The Balaban J connectivity index is 1.88. The Labute approximate surface area is 142 Å². The van der Waals surface area contributed by atoms with Crippen molar-refractivity contribution in [3.8, 4) is 11.5 Å². The molecule has 2 rings (SSSR count). The first-order valence-corrected chi connectivity index (χ1v) is 8.14. The molecule has 1 aromatic carbocycles. The highest BCUT2D eigenvalue weighted by atomic mass is 16.6. The average molecular weight is 335 g/mol. The number of hydrogen-bond acceptors (Lipinski definition) is 5. The normalized spacial score (nSPS) is 15.9. The van der Waals surface area contributed by atoms with Gasteiger partial charge in [0.2, 0.25) is 0 Å². The van der Waals surface area contributed by atoms with E-state index in [1.807, 2.05) is 20.8 Å². The fraction of sp³-hybridized carbons (Fsp3) is 0.556. The van der Waals surface area contributed by atoms with E-state index < -0.39 is 5.60 Å². The van der Waals surface area contributed by atoms with Crippen LogP contribution < -0.4 is 4.74 Å². The Bertz CT molecular complexity index is 612. The van der Waals surface area contributed by atoms with Crippen LogP contribution in [0.4, 0.5) is 4.79 Å². The summed E-state index contributed by atoms with van der Waals surface area (Å²) in [5.41, 5.74) is -0.220. The maximum absolute atomic E-state index is 12.0. The number of Topliss-reactive ketones (excluding diaryl/α,β-unsaturated/α-hetero) is 1. The van der Waals surface area contributed by atoms with E-state index in [9.17, 15) is 14.7 Å². The second kappa shape index (κ2) is 7.11. The Hall–Kier alpha value is -2.24. The molecule has 1 aliphatic rings. The predicted molar refractivity (Wildman–Crippen MR) is 89.6 cm³/mol. The number of ketones is 1. The summed E-state index contributed by atoms with van der Waals surface area (Å²) >= 11 is 0. The zero-order valence-corrected chi connectivity index (χ0v) is 14.7. The van der Waals surface area contributed by atoms with Gasteiger partial charge in [0, 0.05) is 32.0 Å². The van der Waals surface area contributed by atoms with Crippen molar-refractivity contribution in [1.29, 1.82) is 0 Å². The van der Waals surface area contributed by atoms with E-state index in [2.05, 4.69) is 0 Å². The Kier molecular flexibility index (Phi) is 5.36. The van der Waals surface area contributed by atoms with Crippen molar-refractivity contribution in [2.45, 2.75) is 52.2 Å². The maximum atomic E-state index is 12.0. The zero-order chi connectivity index (χ0) is 17.9. The van der Waals surface area contributed by atoms with Gasteiger partial charge in [0.15, 0.2) is 5.78 Å². The molecule has 132 valence electrons. The Morgan fingerprint density at radius 3 is 2.33 bits per heavy atom. The molecule has 0 unspecified atom stereocenters. The molecule has 0 aromatic heterocycles. The molecule has 1 N–H and O–H groups in total. The maximum Gasteiger partial charge on any atom is 0.410 e. The fourth-order valence-corrected chi connectivity index (χ4v) is 2.56. The molecule has 6 nitrogen and oxygen atoms in total. The van der Waals surface area contributed by atoms with E-state index in [1.165, 1.54) is 13.0 Å². The van der Waals surface area contributed by atoms with E-state index >= 15 is 0 Å². The minimum Gasteiger partial charge on any atom is -0.507 e. The number of hydrogen-bond donors (Lipinski definition) is 1. The topological polar surface area (TPSA) is 76.1 Å². The van der Waals surface area contributed by atoms with Gasteiger partial charge in [-0.15, -0.1) is 0 Å². The number of likely N-dealkylation sites (tertiary alicyclic amines) is 1. The third-order valence-corrected chi connectivity index (χ3v) is 3.74. The summed E-state index contributed by atoms with van der Waals surface area (Å²) in [5.74, 6) is 0.254. The summed E-state index contributed by atoms with van der Waals surface area (Å²) in [5, 5.41) is 9.84. The Morgan fingerprint density at radius 1 is 1.21 bits per heavy atom. The third-order valence-electron chi connectivity index (χ3n) is 3.74. The van der Waals surface area contributed by atoms with Gasteiger partial charge in [-0.3, -0.25) is 4.79 Å². The van der Waals surface area contributed by atoms with Crippen molar-refractivity contribution >= 4 is 11.9 Å². The number of benzene rings is 1. The average Bonchev–Trinajstić information content (AvgIpc) is 2.45. The largest absolute Gasteiger partial charge is 0.507 e. The number of ether oxygens (including phenoxy) is 2. The lowest BCUT2D eigenvalue weighted by atomic mass is 10.1. The zero-order valence-electron chi connectivity index (χ0n) is 14.7. The van der Waals surface area contributed by atoms with Gasteiger partial charge in [-0.2, -0.15) is 0 Å². The molecule has 1 saturated heterocycles. The molecular formula is C18H25NO5. The van der Waals surface area contributed by atoms with Gasteiger partial charge in [0.25, 0.3) is 0 Å². The number of aromatic hydroxyl groups is 1. The van der Waals surface area contributed by atoms with Gasteiger partial charge in [-0.25, -0.2) is 4.79 Å². The minimum absolute atomic E-state index is 0.0359. The lowest BCUT2D eigenvalue weighted by Crippen LogP contribution is -2.44. The summed E-state index contributed by atoms with van der Waals surface area (Å²) in [4.78, 5) is 25.0. The molecular weight excluding hydrogens is 310 g/mol. The Morgan fingerprint density at radius 2 is 1.83 bits per heavy atom. The number of carbonyl (C=O) groups is 2. The molecule has 6 heteroatoms. The monoisotopic (exact) mass is 335 g/mol. The summed E-state index contributed by atoms with van der Waals surface area (Å²) in [6.07, 6.45) is 1.04. The van der Waals surface area contributed by atoms with Gasteiger partial charge in [0.05, 0.1) is 5.56 Å². The first-order chi connectivity index (χ1) is 11.2. The fourth-order valence-electron chi connectivity index (χ4n) is 2.56. The number of phenolic OH excluding ortho intramolecular Hbond substituents is 1. The molecule has 0 radical (unpaired) electrons. The molecule has 1 heterocycles. The van der Waals surface area contributed by atoms with Gasteiger partial charge in [-0.05, 0) is 39.8 Å². The third kappa shape index (κ3) is 4.88. The molecule has 0 atom stereocenters. The van der Waals surface area contributed by atoms with Crippen molar-refractivity contribution < 1.29 is 24.2 Å². The second-order valence-corrected chi connectivity index (χ2v) is 7.02. The van der Waals surface area contributed by atoms with Gasteiger partial charge >= 0.3 is 6.09 Å². The van der Waals surface area contributed by atoms with Crippen LogP contribution in [-0.2, 0) is 4.74 Å². The van der Waals surface area contributed by atoms with Crippen LogP contribution in [-0.4, -0.2) is 46.7 Å². The summed E-state index contributed by atoms with van der Waals surface area (Å²) in [6.45, 7) is 8.07. The van der Waals surface area contributed by atoms with Crippen molar-refractivity contribution in [2.24, 2.45) is 0 Å². The van der Waals surface area contributed by atoms with Crippen LogP contribution in [0.25, 0.3) is 0 Å². The standard InChI is InChI=1S/C18H25NO5/c1-12(20)15-6-5-14(11-16(15)21)23-13-7-9-19(10-8-13)17(22)24-18(2,3)4/h5-6,11,13,21H,7-10H2,1-4H3. The summed E-state index contributed by atoms with van der Waals surface area (Å²) in [6, 6.07) is 4.69. The highest BCUT2D eigenvalue weighted by Gasteiger charge is 2.27. The number of phenols is 1. The van der Waals surface area contributed by atoms with Crippen LogP contribution in [0.2, 0.25) is 0 Å². The van der Waals surface area contributed by atoms with Crippen molar-refractivity contribution in [3.05, 3.63) is 23.8 Å². The van der Waals surface area contributed by atoms with E-state index in [0.29, 0.717) is 31.7 Å². The van der Waals surface area contributed by atoms with Crippen molar-refractivity contribution in [2.75, 3.05) is 13.1 Å². The van der Waals surface area contributed by atoms with Crippen LogP contribution in [0.1, 0.15) is 50.9 Å². The van der Waals surface area contributed by atoms with E-state index in [4.69, 9.17) is 9.47 Å². The van der Waals surface area contributed by atoms with Gasteiger partial charge in [-0.1, -0.05) is 0 Å². The first-order valence-electron chi connectivity index (χ1n) is 8.14. The highest BCUT2D eigenvalue weighted by Crippen LogP contribution is 2.26. The van der Waals surface area contributed by atoms with Crippen LogP contribution >= 0.6 is 0 Å².